The predicted octanol–water partition coefficient (Wildman–Crippen LogP) is 2.61. The number of rotatable bonds is 4. The summed E-state index contributed by atoms with van der Waals surface area (Å²) in [6.07, 6.45) is -0.0770. The fourth-order valence-corrected chi connectivity index (χ4v) is 3.44. The highest BCUT2D eigenvalue weighted by molar-refractivity contribution is 5.67. The SMILES string of the molecule is N#Cc1ccc(COc2cccc(N3CCN(C(=O)O)C4CC43)n2)c(F)c1. The molecule has 1 aliphatic carbocycles. The molecule has 27 heavy (non-hydrogen) atoms. The van der Waals surface area contributed by atoms with Crippen molar-refractivity contribution in [3.8, 4) is 11.9 Å². The normalized spacial score (nSPS) is 20.6. The molecule has 2 heterocycles. The quantitative estimate of drug-likeness (QED) is 0.892. The maximum Gasteiger partial charge on any atom is 0.407 e. The van der Waals surface area contributed by atoms with E-state index in [0.717, 1.165) is 12.2 Å². The molecular weight excluding hydrogens is 351 g/mol. The molecule has 1 aromatic heterocycles. The summed E-state index contributed by atoms with van der Waals surface area (Å²) in [4.78, 5) is 19.3. The molecule has 4 rings (SSSR count). The van der Waals surface area contributed by atoms with Crippen LogP contribution in [0.1, 0.15) is 17.5 Å². The Morgan fingerprint density at radius 3 is 2.93 bits per heavy atom. The summed E-state index contributed by atoms with van der Waals surface area (Å²) in [5, 5.41) is 18.0. The van der Waals surface area contributed by atoms with Gasteiger partial charge in [0.1, 0.15) is 18.2 Å². The van der Waals surface area contributed by atoms with Crippen molar-refractivity contribution in [3.63, 3.8) is 0 Å². The van der Waals surface area contributed by atoms with Gasteiger partial charge in [-0.1, -0.05) is 12.1 Å². The van der Waals surface area contributed by atoms with Crippen LogP contribution in [0, 0.1) is 17.1 Å². The second-order valence-electron chi connectivity index (χ2n) is 6.58. The highest BCUT2D eigenvalue weighted by atomic mass is 19.1. The number of aromatic nitrogens is 1. The maximum absolute atomic E-state index is 14.0. The lowest BCUT2D eigenvalue weighted by Gasteiger charge is -2.33. The van der Waals surface area contributed by atoms with Crippen LogP contribution in [0.25, 0.3) is 0 Å². The number of carboxylic acid groups (broad SMARTS) is 1. The van der Waals surface area contributed by atoms with Gasteiger partial charge in [0, 0.05) is 24.7 Å². The number of halogens is 1. The summed E-state index contributed by atoms with van der Waals surface area (Å²) in [7, 11) is 0. The van der Waals surface area contributed by atoms with E-state index in [1.54, 1.807) is 12.1 Å². The van der Waals surface area contributed by atoms with Crippen molar-refractivity contribution >= 4 is 11.9 Å². The zero-order chi connectivity index (χ0) is 19.0. The number of amides is 1. The van der Waals surface area contributed by atoms with E-state index < -0.39 is 11.9 Å². The molecule has 138 valence electrons. The van der Waals surface area contributed by atoms with E-state index in [0.29, 0.717) is 24.5 Å². The molecular formula is C19H17FN4O3. The second-order valence-corrected chi connectivity index (χ2v) is 6.58. The Bertz CT molecular complexity index is 929. The van der Waals surface area contributed by atoms with Crippen LogP contribution in [0.2, 0.25) is 0 Å². The molecule has 1 aromatic carbocycles. The molecule has 2 aliphatic rings. The van der Waals surface area contributed by atoms with Crippen LogP contribution in [0.5, 0.6) is 5.88 Å². The fraction of sp³-hybridized carbons (Fsp3) is 0.316. The van der Waals surface area contributed by atoms with Gasteiger partial charge in [-0.2, -0.15) is 10.2 Å². The van der Waals surface area contributed by atoms with Gasteiger partial charge in [-0.3, -0.25) is 0 Å². The number of fused-ring (bicyclic) bond motifs is 1. The standard InChI is InChI=1S/C19H17FN4O3/c20-14-8-12(10-21)4-5-13(14)11-27-18-3-1-2-17(22-18)23-6-7-24(19(25)26)16-9-15(16)23/h1-5,8,15-16H,6-7,9,11H2,(H,25,26). The Morgan fingerprint density at radius 2 is 2.19 bits per heavy atom. The van der Waals surface area contributed by atoms with Gasteiger partial charge >= 0.3 is 6.09 Å². The minimum Gasteiger partial charge on any atom is -0.473 e. The lowest BCUT2D eigenvalue weighted by molar-refractivity contribution is 0.138. The number of nitriles is 1. The van der Waals surface area contributed by atoms with E-state index in [1.807, 2.05) is 18.2 Å². The third kappa shape index (κ3) is 3.36. The molecule has 1 saturated carbocycles. The van der Waals surface area contributed by atoms with E-state index in [2.05, 4.69) is 9.88 Å². The Balaban J connectivity index is 1.43. The molecule has 0 radical (unpaired) electrons. The van der Waals surface area contributed by atoms with Gasteiger partial charge in [0.05, 0.1) is 23.7 Å². The smallest absolute Gasteiger partial charge is 0.407 e. The monoisotopic (exact) mass is 368 g/mol. The van der Waals surface area contributed by atoms with Crippen LogP contribution in [0.4, 0.5) is 15.0 Å². The highest BCUT2D eigenvalue weighted by Crippen LogP contribution is 2.39. The number of pyridine rings is 1. The van der Waals surface area contributed by atoms with Crippen LogP contribution >= 0.6 is 0 Å². The number of benzene rings is 1. The molecule has 1 aliphatic heterocycles. The van der Waals surface area contributed by atoms with Gasteiger partial charge in [0.25, 0.3) is 0 Å². The molecule has 1 saturated heterocycles. The van der Waals surface area contributed by atoms with Crippen LogP contribution in [-0.4, -0.2) is 46.3 Å². The molecule has 2 unspecified atom stereocenters. The van der Waals surface area contributed by atoms with E-state index in [4.69, 9.17) is 10.00 Å². The van der Waals surface area contributed by atoms with Gasteiger partial charge in [-0.15, -0.1) is 0 Å². The molecule has 1 N–H and O–H groups in total. The molecule has 8 heteroatoms. The van der Waals surface area contributed by atoms with Crippen molar-refractivity contribution in [1.82, 2.24) is 9.88 Å². The molecule has 7 nitrogen and oxygen atoms in total. The summed E-state index contributed by atoms with van der Waals surface area (Å²) in [5.41, 5.74) is 0.606. The van der Waals surface area contributed by atoms with Crippen LogP contribution in [0.3, 0.4) is 0 Å². The first-order valence-corrected chi connectivity index (χ1v) is 8.61. The Morgan fingerprint density at radius 1 is 1.33 bits per heavy atom. The average Bonchev–Trinajstić information content (AvgIpc) is 3.47. The number of piperazine rings is 1. The maximum atomic E-state index is 14.0. The third-order valence-corrected chi connectivity index (χ3v) is 4.91. The van der Waals surface area contributed by atoms with Crippen LogP contribution in [-0.2, 0) is 6.61 Å². The van der Waals surface area contributed by atoms with Gasteiger partial charge in [0.2, 0.25) is 5.88 Å². The van der Waals surface area contributed by atoms with Gasteiger partial charge in [0.15, 0.2) is 0 Å². The van der Waals surface area contributed by atoms with Crippen molar-refractivity contribution in [2.24, 2.45) is 0 Å². The number of hydrogen-bond donors (Lipinski definition) is 1. The fourth-order valence-electron chi connectivity index (χ4n) is 3.44. The summed E-state index contributed by atoms with van der Waals surface area (Å²) >= 11 is 0. The van der Waals surface area contributed by atoms with Crippen molar-refractivity contribution in [3.05, 3.63) is 53.3 Å². The molecule has 0 spiro atoms. The Kier molecular flexibility index (Phi) is 4.28. The van der Waals surface area contributed by atoms with E-state index in [9.17, 15) is 14.3 Å². The minimum absolute atomic E-state index is 0.00679. The number of ether oxygens (including phenoxy) is 1. The van der Waals surface area contributed by atoms with Crippen molar-refractivity contribution in [2.75, 3.05) is 18.0 Å². The third-order valence-electron chi connectivity index (χ3n) is 4.91. The Labute approximate surface area is 155 Å². The van der Waals surface area contributed by atoms with E-state index >= 15 is 0 Å². The molecule has 1 amide bonds. The number of hydrogen-bond acceptors (Lipinski definition) is 5. The predicted molar refractivity (Wildman–Crippen MR) is 94.0 cm³/mol. The van der Waals surface area contributed by atoms with Gasteiger partial charge in [-0.25, -0.2) is 9.18 Å². The lowest BCUT2D eigenvalue weighted by atomic mass is 10.1. The van der Waals surface area contributed by atoms with Crippen molar-refractivity contribution < 1.29 is 19.0 Å². The zero-order valence-electron chi connectivity index (χ0n) is 14.4. The summed E-state index contributed by atoms with van der Waals surface area (Å²) in [6.45, 7) is 1.03. The summed E-state index contributed by atoms with van der Waals surface area (Å²) in [6, 6.07) is 11.7. The van der Waals surface area contributed by atoms with Crippen LogP contribution in [0.15, 0.2) is 36.4 Å². The summed E-state index contributed by atoms with van der Waals surface area (Å²) < 4.78 is 19.6. The van der Waals surface area contributed by atoms with Crippen molar-refractivity contribution in [1.29, 1.82) is 5.26 Å². The molecule has 0 bridgehead atoms. The second kappa shape index (κ2) is 6.76. The minimum atomic E-state index is -0.878. The summed E-state index contributed by atoms with van der Waals surface area (Å²) in [5.74, 6) is 0.607. The number of anilines is 1. The molecule has 2 atom stereocenters. The van der Waals surface area contributed by atoms with Gasteiger partial charge < -0.3 is 19.6 Å². The van der Waals surface area contributed by atoms with E-state index in [1.165, 1.54) is 17.0 Å². The Hall–Kier alpha value is -3.34. The molecule has 2 aromatic rings. The first-order valence-electron chi connectivity index (χ1n) is 8.61. The first-order chi connectivity index (χ1) is 13.1. The average molecular weight is 368 g/mol. The lowest BCUT2D eigenvalue weighted by Crippen LogP contribution is -2.48. The van der Waals surface area contributed by atoms with Crippen molar-refractivity contribution in [2.45, 2.75) is 25.1 Å². The van der Waals surface area contributed by atoms with Gasteiger partial charge in [-0.05, 0) is 24.6 Å². The topological polar surface area (TPSA) is 89.7 Å². The highest BCUT2D eigenvalue weighted by Gasteiger charge is 2.51. The molecule has 2 fully saturated rings. The number of nitrogens with zero attached hydrogens (tertiary/aromatic N) is 4. The number of carbonyl (C=O) groups is 1. The van der Waals surface area contributed by atoms with E-state index in [-0.39, 0.29) is 24.3 Å². The first kappa shape index (κ1) is 17.1. The zero-order valence-corrected chi connectivity index (χ0v) is 14.4. The van der Waals surface area contributed by atoms with Crippen LogP contribution < -0.4 is 9.64 Å². The largest absolute Gasteiger partial charge is 0.473 e.